The lowest BCUT2D eigenvalue weighted by atomic mass is 9.87. The van der Waals surface area contributed by atoms with E-state index in [1.165, 1.54) is 0 Å². The van der Waals surface area contributed by atoms with Gasteiger partial charge in [-0.1, -0.05) is 86.5 Å². The summed E-state index contributed by atoms with van der Waals surface area (Å²) in [5.74, 6) is -0.152. The number of epoxide rings is 1. The molecular weight excluding hydrogens is 464 g/mol. The van der Waals surface area contributed by atoms with Crippen LogP contribution < -0.4 is 0 Å². The zero-order valence-electron chi connectivity index (χ0n) is 22.1. The van der Waals surface area contributed by atoms with E-state index in [-0.39, 0.29) is 35.7 Å². The second kappa shape index (κ2) is 11.9. The number of carbonyl (C=O) groups excluding carboxylic acids is 2. The van der Waals surface area contributed by atoms with Crippen LogP contribution in [0.3, 0.4) is 0 Å². The van der Waals surface area contributed by atoms with Crippen molar-refractivity contribution in [2.45, 2.75) is 76.8 Å². The van der Waals surface area contributed by atoms with Crippen molar-refractivity contribution in [2.24, 2.45) is 11.8 Å². The van der Waals surface area contributed by atoms with Gasteiger partial charge in [-0.25, -0.2) is 4.79 Å². The van der Waals surface area contributed by atoms with Crippen LogP contribution in [0.5, 0.6) is 0 Å². The second-order valence-electron chi connectivity index (χ2n) is 10.7. The SMILES string of the molecule is C=C[C@H]1C(=O)O[C@@H]1CCCC[C@@H](C)CC1(C)OC1C(C)=CC(=O)OC(c1ccccc1)c1ccccc1. The summed E-state index contributed by atoms with van der Waals surface area (Å²) in [5, 5.41) is 0. The quantitative estimate of drug-likeness (QED) is 0.0998. The zero-order chi connectivity index (χ0) is 26.4. The molecule has 2 aliphatic heterocycles. The van der Waals surface area contributed by atoms with Crippen LogP contribution in [0.4, 0.5) is 0 Å². The van der Waals surface area contributed by atoms with E-state index in [1.54, 1.807) is 12.2 Å². The van der Waals surface area contributed by atoms with Gasteiger partial charge < -0.3 is 14.2 Å². The number of hydrogen-bond donors (Lipinski definition) is 0. The van der Waals surface area contributed by atoms with Crippen molar-refractivity contribution in [3.8, 4) is 0 Å². The average molecular weight is 503 g/mol. The summed E-state index contributed by atoms with van der Waals surface area (Å²) in [6.45, 7) is 10.0. The molecular formula is C32H38O5. The van der Waals surface area contributed by atoms with Crippen LogP contribution in [-0.2, 0) is 23.8 Å². The fraction of sp³-hybridized carbons (Fsp3) is 0.438. The molecule has 0 bridgehead atoms. The number of unbranched alkanes of at least 4 members (excludes halogenated alkanes) is 1. The Morgan fingerprint density at radius 2 is 1.70 bits per heavy atom. The van der Waals surface area contributed by atoms with E-state index in [4.69, 9.17) is 14.2 Å². The van der Waals surface area contributed by atoms with Crippen LogP contribution in [0.1, 0.15) is 70.1 Å². The van der Waals surface area contributed by atoms with Gasteiger partial charge in [0, 0.05) is 6.08 Å². The van der Waals surface area contributed by atoms with Crippen molar-refractivity contribution in [1.29, 1.82) is 0 Å². The predicted molar refractivity (Wildman–Crippen MR) is 144 cm³/mol. The molecule has 2 fully saturated rings. The third kappa shape index (κ3) is 6.78. The van der Waals surface area contributed by atoms with Crippen molar-refractivity contribution < 1.29 is 23.8 Å². The molecule has 2 aromatic carbocycles. The first-order valence-corrected chi connectivity index (χ1v) is 13.3. The first-order valence-electron chi connectivity index (χ1n) is 13.3. The minimum Gasteiger partial charge on any atom is -0.461 e. The van der Waals surface area contributed by atoms with Crippen molar-refractivity contribution in [2.75, 3.05) is 0 Å². The summed E-state index contributed by atoms with van der Waals surface area (Å²) in [6.07, 6.45) is 7.77. The predicted octanol–water partition coefficient (Wildman–Crippen LogP) is 6.74. The summed E-state index contributed by atoms with van der Waals surface area (Å²) in [6, 6.07) is 19.6. The lowest BCUT2D eigenvalue weighted by Gasteiger charge is -2.33. The van der Waals surface area contributed by atoms with Crippen LogP contribution in [0, 0.1) is 11.8 Å². The van der Waals surface area contributed by atoms with Gasteiger partial charge in [-0.2, -0.15) is 0 Å². The molecule has 37 heavy (non-hydrogen) atoms. The maximum atomic E-state index is 12.9. The topological polar surface area (TPSA) is 65.1 Å². The van der Waals surface area contributed by atoms with Crippen molar-refractivity contribution >= 4 is 11.9 Å². The van der Waals surface area contributed by atoms with Crippen LogP contribution >= 0.6 is 0 Å². The average Bonchev–Trinajstić information content (AvgIpc) is 3.56. The Bertz CT molecular complexity index is 1070. The smallest absolute Gasteiger partial charge is 0.331 e. The third-order valence-electron chi connectivity index (χ3n) is 7.47. The summed E-state index contributed by atoms with van der Waals surface area (Å²) in [7, 11) is 0. The fourth-order valence-corrected chi connectivity index (χ4v) is 5.46. The van der Waals surface area contributed by atoms with Crippen molar-refractivity contribution in [3.05, 3.63) is 96.1 Å². The Morgan fingerprint density at radius 1 is 1.08 bits per heavy atom. The Hall–Kier alpha value is -3.18. The molecule has 2 aromatic rings. The molecule has 0 spiro atoms. The molecule has 2 saturated heterocycles. The monoisotopic (exact) mass is 502 g/mol. The zero-order valence-corrected chi connectivity index (χ0v) is 22.1. The number of cyclic esters (lactones) is 1. The van der Waals surface area contributed by atoms with E-state index < -0.39 is 6.10 Å². The van der Waals surface area contributed by atoms with E-state index in [9.17, 15) is 9.59 Å². The van der Waals surface area contributed by atoms with Gasteiger partial charge in [-0.3, -0.25) is 4.79 Å². The highest BCUT2D eigenvalue weighted by atomic mass is 16.6. The maximum Gasteiger partial charge on any atom is 0.331 e. The van der Waals surface area contributed by atoms with Crippen LogP contribution in [0.25, 0.3) is 0 Å². The molecule has 2 aliphatic rings. The highest BCUT2D eigenvalue weighted by Crippen LogP contribution is 2.46. The van der Waals surface area contributed by atoms with Gasteiger partial charge in [0.05, 0.1) is 5.60 Å². The first kappa shape index (κ1) is 26.9. The minimum atomic E-state index is -0.462. The normalized spacial score (nSPS) is 25.7. The van der Waals surface area contributed by atoms with E-state index >= 15 is 0 Å². The number of hydrogen-bond acceptors (Lipinski definition) is 5. The highest BCUT2D eigenvalue weighted by Gasteiger charge is 2.53. The summed E-state index contributed by atoms with van der Waals surface area (Å²) < 4.78 is 17.2. The Kier molecular flexibility index (Phi) is 8.65. The Labute approximate surface area is 220 Å². The molecule has 0 amide bonds. The number of esters is 2. The van der Waals surface area contributed by atoms with Gasteiger partial charge in [0.1, 0.15) is 18.1 Å². The molecule has 5 atom stereocenters. The lowest BCUT2D eigenvalue weighted by Crippen LogP contribution is -2.43. The van der Waals surface area contributed by atoms with Gasteiger partial charge in [0.25, 0.3) is 0 Å². The molecule has 0 saturated carbocycles. The molecule has 0 N–H and O–H groups in total. The number of carbonyl (C=O) groups is 2. The number of rotatable bonds is 13. The molecule has 5 nitrogen and oxygen atoms in total. The highest BCUT2D eigenvalue weighted by molar-refractivity contribution is 5.83. The van der Waals surface area contributed by atoms with E-state index in [2.05, 4.69) is 20.4 Å². The minimum absolute atomic E-state index is 0.00453. The summed E-state index contributed by atoms with van der Waals surface area (Å²) in [4.78, 5) is 24.3. The molecule has 5 heteroatoms. The van der Waals surface area contributed by atoms with Crippen LogP contribution in [-0.4, -0.2) is 29.7 Å². The molecule has 0 aliphatic carbocycles. The van der Waals surface area contributed by atoms with Crippen molar-refractivity contribution in [3.63, 3.8) is 0 Å². The standard InChI is InChI=1S/C32H38O5/c1-5-26-27(35-31(26)34)19-13-12-14-22(2)21-32(4)30(37-32)23(3)20-28(33)36-29(24-15-8-6-9-16-24)25-17-10-7-11-18-25/h5-11,15-18,20,22,26-27,29-30H,1,12-14,19,21H2,2-4H3/t22-,26-,27-,30?,32?/m1/s1. The van der Waals surface area contributed by atoms with Gasteiger partial charge >= 0.3 is 11.9 Å². The number of ether oxygens (including phenoxy) is 3. The molecule has 2 unspecified atom stereocenters. The summed E-state index contributed by atoms with van der Waals surface area (Å²) in [5.41, 5.74) is 2.51. The molecule has 0 radical (unpaired) electrons. The van der Waals surface area contributed by atoms with Crippen molar-refractivity contribution in [1.82, 2.24) is 0 Å². The van der Waals surface area contributed by atoms with Gasteiger partial charge in [0.2, 0.25) is 0 Å². The van der Waals surface area contributed by atoms with E-state index in [1.807, 2.05) is 67.6 Å². The van der Waals surface area contributed by atoms with Gasteiger partial charge in [-0.15, -0.1) is 6.58 Å². The van der Waals surface area contributed by atoms with Crippen LogP contribution in [0.15, 0.2) is 85.0 Å². The fourth-order valence-electron chi connectivity index (χ4n) is 5.46. The Morgan fingerprint density at radius 3 is 2.27 bits per heavy atom. The molecule has 196 valence electrons. The summed E-state index contributed by atoms with van der Waals surface area (Å²) >= 11 is 0. The van der Waals surface area contributed by atoms with Gasteiger partial charge in [-0.05, 0) is 55.7 Å². The van der Waals surface area contributed by atoms with E-state index in [0.717, 1.165) is 48.8 Å². The lowest BCUT2D eigenvalue weighted by molar-refractivity contribution is -0.179. The first-order chi connectivity index (χ1) is 17.8. The second-order valence-corrected chi connectivity index (χ2v) is 10.7. The largest absolute Gasteiger partial charge is 0.461 e. The maximum absolute atomic E-state index is 12.9. The third-order valence-corrected chi connectivity index (χ3v) is 7.47. The van der Waals surface area contributed by atoms with E-state index in [0.29, 0.717) is 5.92 Å². The number of benzene rings is 2. The molecule has 2 heterocycles. The van der Waals surface area contributed by atoms with Gasteiger partial charge in [0.15, 0.2) is 6.10 Å². The Balaban J connectivity index is 1.26. The molecule has 0 aromatic heterocycles. The van der Waals surface area contributed by atoms with Crippen LogP contribution in [0.2, 0.25) is 0 Å². The molecule has 4 rings (SSSR count).